The molecule has 1 aliphatic rings. The van der Waals surface area contributed by atoms with E-state index in [1.807, 2.05) is 0 Å². The number of rotatable bonds is 4. The molecule has 20 heavy (non-hydrogen) atoms. The van der Waals surface area contributed by atoms with Crippen molar-refractivity contribution in [2.45, 2.75) is 18.2 Å². The smallest absolute Gasteiger partial charge is 0.261 e. The zero-order valence-corrected chi connectivity index (χ0v) is 14.3. The van der Waals surface area contributed by atoms with Gasteiger partial charge < -0.3 is 4.90 Å². The van der Waals surface area contributed by atoms with Crippen LogP contribution < -0.4 is 0 Å². The molecule has 0 radical (unpaired) electrons. The molecule has 0 aliphatic heterocycles. The molecule has 1 aromatic rings. The molecule has 0 bridgehead atoms. The Balaban J connectivity index is 2.24. The van der Waals surface area contributed by atoms with Crippen molar-refractivity contribution in [2.24, 2.45) is 11.8 Å². The van der Waals surface area contributed by atoms with E-state index in [0.29, 0.717) is 28.4 Å². The van der Waals surface area contributed by atoms with Gasteiger partial charge in [0.1, 0.15) is 0 Å². The van der Waals surface area contributed by atoms with Crippen LogP contribution in [-0.4, -0.2) is 32.8 Å². The minimum absolute atomic E-state index is 0.0705. The van der Waals surface area contributed by atoms with Crippen molar-refractivity contribution in [1.82, 2.24) is 4.90 Å². The highest BCUT2D eigenvalue weighted by Gasteiger charge is 2.34. The summed E-state index contributed by atoms with van der Waals surface area (Å²) in [6.45, 7) is 2.84. The van der Waals surface area contributed by atoms with Crippen LogP contribution in [0.5, 0.6) is 0 Å². The number of carbonyl (C=O) groups excluding carboxylic acids is 1. The second kappa shape index (κ2) is 5.66. The van der Waals surface area contributed by atoms with Gasteiger partial charge in [0.15, 0.2) is 0 Å². The molecule has 0 heterocycles. The number of nitrogens with zero attached hydrogens (tertiary/aromatic N) is 1. The maximum Gasteiger partial charge on any atom is 0.261 e. The largest absolute Gasteiger partial charge is 0.341 e. The monoisotopic (exact) mass is 379 g/mol. The quantitative estimate of drug-likeness (QED) is 0.754. The second-order valence-corrected chi connectivity index (χ2v) is 8.66. The molecule has 1 aromatic carbocycles. The Hall–Kier alpha value is -0.590. The number of hydrogen-bond acceptors (Lipinski definition) is 3. The van der Waals surface area contributed by atoms with Crippen LogP contribution in [0.3, 0.4) is 0 Å². The van der Waals surface area contributed by atoms with E-state index < -0.39 is 9.05 Å². The topological polar surface area (TPSA) is 54.5 Å². The van der Waals surface area contributed by atoms with Crippen molar-refractivity contribution in [3.63, 3.8) is 0 Å². The maximum atomic E-state index is 12.4. The summed E-state index contributed by atoms with van der Waals surface area (Å²) in [5, 5.41) is 0. The van der Waals surface area contributed by atoms with Crippen molar-refractivity contribution in [1.29, 1.82) is 0 Å². The number of halogens is 2. The Kier molecular flexibility index (Phi) is 4.47. The van der Waals surface area contributed by atoms with E-state index >= 15 is 0 Å². The van der Waals surface area contributed by atoms with Crippen LogP contribution >= 0.6 is 26.6 Å². The normalized spacial score (nSPS) is 21.6. The van der Waals surface area contributed by atoms with Gasteiger partial charge >= 0.3 is 0 Å². The molecule has 0 spiro atoms. The standard InChI is InChI=1S/C13H15BrClNO3S/c1-8-5-9(8)7-16(2)13(17)11-6-10(20(15,18)19)3-4-12(11)14/h3-4,6,8-9H,5,7H2,1-2H3. The molecule has 2 rings (SSSR count). The van der Waals surface area contributed by atoms with Crippen molar-refractivity contribution in [3.05, 3.63) is 28.2 Å². The molecule has 2 atom stereocenters. The minimum Gasteiger partial charge on any atom is -0.341 e. The first-order valence-corrected chi connectivity index (χ1v) is 9.30. The lowest BCUT2D eigenvalue weighted by molar-refractivity contribution is 0.0786. The Morgan fingerprint density at radius 2 is 2.10 bits per heavy atom. The highest BCUT2D eigenvalue weighted by atomic mass is 79.9. The highest BCUT2D eigenvalue weighted by Crippen LogP contribution is 2.38. The number of amides is 1. The van der Waals surface area contributed by atoms with Crippen LogP contribution in [0.2, 0.25) is 0 Å². The molecule has 0 aromatic heterocycles. The number of benzene rings is 1. The van der Waals surface area contributed by atoms with Crippen LogP contribution in [0.15, 0.2) is 27.6 Å². The second-order valence-electron chi connectivity index (χ2n) is 5.24. The average molecular weight is 381 g/mol. The van der Waals surface area contributed by atoms with Gasteiger partial charge in [-0.25, -0.2) is 8.42 Å². The first kappa shape index (κ1) is 15.8. The van der Waals surface area contributed by atoms with Gasteiger partial charge in [-0.1, -0.05) is 6.92 Å². The van der Waals surface area contributed by atoms with Gasteiger partial charge in [0.2, 0.25) is 0 Å². The third-order valence-corrected chi connectivity index (χ3v) is 5.62. The molecule has 1 saturated carbocycles. The van der Waals surface area contributed by atoms with Crippen molar-refractivity contribution < 1.29 is 13.2 Å². The first-order chi connectivity index (χ1) is 9.20. The predicted molar refractivity (Wildman–Crippen MR) is 81.4 cm³/mol. The zero-order valence-electron chi connectivity index (χ0n) is 11.1. The Morgan fingerprint density at radius 1 is 1.50 bits per heavy atom. The van der Waals surface area contributed by atoms with E-state index in [0.717, 1.165) is 6.42 Å². The summed E-state index contributed by atoms with van der Waals surface area (Å²) in [5.41, 5.74) is 0.308. The van der Waals surface area contributed by atoms with Gasteiger partial charge in [-0.05, 0) is 52.4 Å². The van der Waals surface area contributed by atoms with E-state index in [4.69, 9.17) is 10.7 Å². The molecular weight excluding hydrogens is 366 g/mol. The van der Waals surface area contributed by atoms with E-state index in [1.54, 1.807) is 11.9 Å². The molecule has 110 valence electrons. The summed E-state index contributed by atoms with van der Waals surface area (Å²) < 4.78 is 23.2. The Morgan fingerprint density at radius 3 is 2.60 bits per heavy atom. The van der Waals surface area contributed by atoms with Crippen LogP contribution in [0.1, 0.15) is 23.7 Å². The Labute approximate surface area is 131 Å². The third kappa shape index (κ3) is 3.54. The molecule has 0 N–H and O–H groups in total. The molecule has 0 saturated heterocycles. The third-order valence-electron chi connectivity index (χ3n) is 3.58. The van der Waals surface area contributed by atoms with Crippen LogP contribution in [-0.2, 0) is 9.05 Å². The van der Waals surface area contributed by atoms with Gasteiger partial charge in [-0.15, -0.1) is 0 Å². The van der Waals surface area contributed by atoms with E-state index in [-0.39, 0.29) is 10.8 Å². The number of carbonyl (C=O) groups is 1. The van der Waals surface area contributed by atoms with Crippen molar-refractivity contribution >= 4 is 41.6 Å². The predicted octanol–water partition coefficient (Wildman–Crippen LogP) is 3.10. The SMILES string of the molecule is CC1CC1CN(C)C(=O)c1cc(S(=O)(=O)Cl)ccc1Br. The summed E-state index contributed by atoms with van der Waals surface area (Å²) in [7, 11) is 3.20. The summed E-state index contributed by atoms with van der Waals surface area (Å²) in [4.78, 5) is 13.9. The molecule has 2 unspecified atom stereocenters. The molecule has 7 heteroatoms. The minimum atomic E-state index is -3.84. The molecule has 4 nitrogen and oxygen atoms in total. The average Bonchev–Trinajstić information content (AvgIpc) is 3.03. The molecule has 1 aliphatic carbocycles. The van der Waals surface area contributed by atoms with Crippen LogP contribution in [0, 0.1) is 11.8 Å². The lowest BCUT2D eigenvalue weighted by Gasteiger charge is -2.18. The van der Waals surface area contributed by atoms with E-state index in [1.165, 1.54) is 18.2 Å². The summed E-state index contributed by atoms with van der Waals surface area (Å²) in [5.74, 6) is 0.990. The molecular formula is C13H15BrClNO3S. The van der Waals surface area contributed by atoms with E-state index in [2.05, 4.69) is 22.9 Å². The zero-order chi connectivity index (χ0) is 15.1. The van der Waals surface area contributed by atoms with Gasteiger partial charge in [-0.2, -0.15) is 0 Å². The fraction of sp³-hybridized carbons (Fsp3) is 0.462. The molecule has 1 amide bonds. The van der Waals surface area contributed by atoms with Gasteiger partial charge in [0, 0.05) is 28.7 Å². The maximum absolute atomic E-state index is 12.4. The van der Waals surface area contributed by atoms with Gasteiger partial charge in [-0.3, -0.25) is 4.79 Å². The van der Waals surface area contributed by atoms with Crippen LogP contribution in [0.25, 0.3) is 0 Å². The highest BCUT2D eigenvalue weighted by molar-refractivity contribution is 9.10. The number of hydrogen-bond donors (Lipinski definition) is 0. The van der Waals surface area contributed by atoms with Crippen LogP contribution in [0.4, 0.5) is 0 Å². The van der Waals surface area contributed by atoms with E-state index in [9.17, 15) is 13.2 Å². The van der Waals surface area contributed by atoms with Gasteiger partial charge in [0.05, 0.1) is 10.5 Å². The fourth-order valence-corrected chi connectivity index (χ4v) is 3.31. The summed E-state index contributed by atoms with van der Waals surface area (Å²) in [6.07, 6.45) is 1.13. The summed E-state index contributed by atoms with van der Waals surface area (Å²) in [6, 6.07) is 4.20. The van der Waals surface area contributed by atoms with Crippen molar-refractivity contribution in [2.75, 3.05) is 13.6 Å². The summed E-state index contributed by atoms with van der Waals surface area (Å²) >= 11 is 3.27. The van der Waals surface area contributed by atoms with Crippen molar-refractivity contribution in [3.8, 4) is 0 Å². The van der Waals surface area contributed by atoms with Gasteiger partial charge in [0.25, 0.3) is 15.0 Å². The Bertz CT molecular complexity index is 647. The fourth-order valence-electron chi connectivity index (χ4n) is 2.11. The first-order valence-electron chi connectivity index (χ1n) is 6.20. The molecule has 1 fully saturated rings. The lowest BCUT2D eigenvalue weighted by atomic mass is 10.2. The lowest BCUT2D eigenvalue weighted by Crippen LogP contribution is -2.29.